The minimum atomic E-state index is -0.195. The van der Waals surface area contributed by atoms with Crippen LogP contribution < -0.4 is 0 Å². The molecule has 0 aromatic rings. The molecule has 0 aliphatic carbocycles. The molecule has 1 fully saturated rings. The van der Waals surface area contributed by atoms with Crippen molar-refractivity contribution in [3.05, 3.63) is 0 Å². The first-order valence-electron chi connectivity index (χ1n) is 5.67. The van der Waals surface area contributed by atoms with Gasteiger partial charge in [0.1, 0.15) is 0 Å². The van der Waals surface area contributed by atoms with E-state index in [9.17, 15) is 4.79 Å². The lowest BCUT2D eigenvalue weighted by molar-refractivity contribution is -0.141. The Bertz CT molecular complexity index is 208. The van der Waals surface area contributed by atoms with Gasteiger partial charge in [0, 0.05) is 19.5 Å². The summed E-state index contributed by atoms with van der Waals surface area (Å²) < 4.78 is 5.29. The Hall–Kier alpha value is -0.610. The van der Waals surface area contributed by atoms with Gasteiger partial charge in [-0.1, -0.05) is 20.3 Å². The molecule has 0 aromatic heterocycles. The van der Waals surface area contributed by atoms with E-state index < -0.39 is 0 Å². The molecule has 0 saturated carbocycles. The number of morpholine rings is 1. The van der Waals surface area contributed by atoms with Crippen LogP contribution in [0, 0.1) is 5.92 Å². The zero-order valence-corrected chi connectivity index (χ0v) is 9.61. The van der Waals surface area contributed by atoms with E-state index in [0.717, 1.165) is 6.42 Å². The lowest BCUT2D eigenvalue weighted by atomic mass is 10.0. The normalized spacial score (nSPS) is 23.9. The van der Waals surface area contributed by atoms with Crippen molar-refractivity contribution >= 4 is 5.91 Å². The summed E-state index contributed by atoms with van der Waals surface area (Å²) >= 11 is 0. The van der Waals surface area contributed by atoms with Gasteiger partial charge in [0.25, 0.3) is 0 Å². The Morgan fingerprint density at radius 3 is 3.00 bits per heavy atom. The first kappa shape index (κ1) is 12.5. The second-order valence-electron chi connectivity index (χ2n) is 4.23. The zero-order valence-electron chi connectivity index (χ0n) is 9.61. The average Bonchev–Trinajstić information content (AvgIpc) is 2.28. The number of aliphatic hydroxyl groups excluding tert-OH is 1. The van der Waals surface area contributed by atoms with Gasteiger partial charge in [0.15, 0.2) is 0 Å². The van der Waals surface area contributed by atoms with Crippen LogP contribution in [0.4, 0.5) is 0 Å². The lowest BCUT2D eigenvalue weighted by Gasteiger charge is -2.32. The Kier molecular flexibility index (Phi) is 5.05. The third kappa shape index (κ3) is 3.80. The molecule has 0 aromatic carbocycles. The van der Waals surface area contributed by atoms with Crippen LogP contribution in [0.3, 0.4) is 0 Å². The number of hydrogen-bond donors (Lipinski definition) is 1. The van der Waals surface area contributed by atoms with Crippen molar-refractivity contribution in [2.24, 2.45) is 5.92 Å². The van der Waals surface area contributed by atoms with Crippen LogP contribution >= 0.6 is 0 Å². The van der Waals surface area contributed by atoms with E-state index in [1.807, 2.05) is 0 Å². The van der Waals surface area contributed by atoms with Gasteiger partial charge in [-0.05, 0) is 5.92 Å². The highest BCUT2D eigenvalue weighted by molar-refractivity contribution is 5.76. The Balaban J connectivity index is 2.38. The van der Waals surface area contributed by atoms with E-state index in [4.69, 9.17) is 9.84 Å². The maximum atomic E-state index is 11.8. The molecule has 0 bridgehead atoms. The third-order valence-electron chi connectivity index (χ3n) is 2.92. The summed E-state index contributed by atoms with van der Waals surface area (Å²) in [6.45, 7) is 5.90. The van der Waals surface area contributed by atoms with Gasteiger partial charge in [-0.2, -0.15) is 0 Å². The quantitative estimate of drug-likeness (QED) is 0.749. The largest absolute Gasteiger partial charge is 0.394 e. The van der Waals surface area contributed by atoms with Gasteiger partial charge in [-0.3, -0.25) is 4.79 Å². The molecule has 1 aliphatic rings. The van der Waals surface area contributed by atoms with Crippen LogP contribution in [-0.2, 0) is 9.53 Å². The van der Waals surface area contributed by atoms with Crippen molar-refractivity contribution in [1.82, 2.24) is 4.90 Å². The molecular formula is C11H21NO3. The van der Waals surface area contributed by atoms with E-state index in [0.29, 0.717) is 32.0 Å². The number of aliphatic hydroxyl groups is 1. The van der Waals surface area contributed by atoms with Crippen molar-refractivity contribution in [3.63, 3.8) is 0 Å². The summed E-state index contributed by atoms with van der Waals surface area (Å²) in [5, 5.41) is 8.96. The smallest absolute Gasteiger partial charge is 0.223 e. The second kappa shape index (κ2) is 6.08. The number of rotatable bonds is 4. The molecular weight excluding hydrogens is 194 g/mol. The fraction of sp³-hybridized carbons (Fsp3) is 0.909. The molecule has 0 radical (unpaired) electrons. The first-order chi connectivity index (χ1) is 7.17. The summed E-state index contributed by atoms with van der Waals surface area (Å²) in [7, 11) is 0. The Morgan fingerprint density at radius 2 is 2.40 bits per heavy atom. The molecule has 0 spiro atoms. The van der Waals surface area contributed by atoms with Crippen molar-refractivity contribution in [2.75, 3.05) is 26.3 Å². The number of amides is 1. The molecule has 1 amide bonds. The average molecular weight is 215 g/mol. The standard InChI is InChI=1S/C11H21NO3/c1-3-9(2)6-11(14)12-4-5-15-10(7-12)8-13/h9-10,13H,3-8H2,1-2H3. The Morgan fingerprint density at radius 1 is 1.67 bits per heavy atom. The van der Waals surface area contributed by atoms with E-state index >= 15 is 0 Å². The van der Waals surface area contributed by atoms with Crippen LogP contribution in [0.2, 0.25) is 0 Å². The summed E-state index contributed by atoms with van der Waals surface area (Å²) in [4.78, 5) is 13.6. The fourth-order valence-electron chi connectivity index (χ4n) is 1.63. The van der Waals surface area contributed by atoms with Crippen LogP contribution in [0.25, 0.3) is 0 Å². The summed E-state index contributed by atoms with van der Waals surface area (Å²) in [5.41, 5.74) is 0. The van der Waals surface area contributed by atoms with E-state index in [2.05, 4.69) is 13.8 Å². The van der Waals surface area contributed by atoms with Crippen LogP contribution in [-0.4, -0.2) is 48.3 Å². The van der Waals surface area contributed by atoms with Gasteiger partial charge in [0.05, 0.1) is 19.3 Å². The van der Waals surface area contributed by atoms with Crippen molar-refractivity contribution in [3.8, 4) is 0 Å². The highest BCUT2D eigenvalue weighted by Gasteiger charge is 2.24. The predicted molar refractivity (Wildman–Crippen MR) is 57.5 cm³/mol. The third-order valence-corrected chi connectivity index (χ3v) is 2.92. The molecule has 4 heteroatoms. The SMILES string of the molecule is CCC(C)CC(=O)N1CCOC(CO)C1. The molecule has 2 unspecified atom stereocenters. The number of hydrogen-bond acceptors (Lipinski definition) is 3. The van der Waals surface area contributed by atoms with Gasteiger partial charge >= 0.3 is 0 Å². The minimum absolute atomic E-state index is 0.00683. The van der Waals surface area contributed by atoms with E-state index in [1.165, 1.54) is 0 Å². The number of carbonyl (C=O) groups is 1. The lowest BCUT2D eigenvalue weighted by Crippen LogP contribution is -2.47. The summed E-state index contributed by atoms with van der Waals surface area (Å²) in [6.07, 6.45) is 1.44. The predicted octanol–water partition coefficient (Wildman–Crippen LogP) is 0.642. The molecule has 1 rings (SSSR count). The molecule has 1 saturated heterocycles. The Labute approximate surface area is 91.2 Å². The first-order valence-corrected chi connectivity index (χ1v) is 5.67. The van der Waals surface area contributed by atoms with Crippen molar-refractivity contribution < 1.29 is 14.6 Å². The number of carbonyl (C=O) groups excluding carboxylic acids is 1. The van der Waals surface area contributed by atoms with E-state index in [1.54, 1.807) is 4.90 Å². The second-order valence-corrected chi connectivity index (χ2v) is 4.23. The van der Waals surface area contributed by atoms with Crippen LogP contribution in [0.15, 0.2) is 0 Å². The highest BCUT2D eigenvalue weighted by Crippen LogP contribution is 2.12. The minimum Gasteiger partial charge on any atom is -0.394 e. The van der Waals surface area contributed by atoms with Gasteiger partial charge in [0.2, 0.25) is 5.91 Å². The van der Waals surface area contributed by atoms with Crippen LogP contribution in [0.1, 0.15) is 26.7 Å². The molecule has 15 heavy (non-hydrogen) atoms. The zero-order chi connectivity index (χ0) is 11.3. The highest BCUT2D eigenvalue weighted by atomic mass is 16.5. The van der Waals surface area contributed by atoms with Gasteiger partial charge < -0.3 is 14.7 Å². The fourth-order valence-corrected chi connectivity index (χ4v) is 1.63. The summed E-state index contributed by atoms with van der Waals surface area (Å²) in [5.74, 6) is 0.624. The van der Waals surface area contributed by atoms with Gasteiger partial charge in [-0.25, -0.2) is 0 Å². The maximum absolute atomic E-state index is 11.8. The maximum Gasteiger partial charge on any atom is 0.223 e. The monoisotopic (exact) mass is 215 g/mol. The van der Waals surface area contributed by atoms with Crippen molar-refractivity contribution in [2.45, 2.75) is 32.8 Å². The van der Waals surface area contributed by atoms with Crippen molar-refractivity contribution in [1.29, 1.82) is 0 Å². The molecule has 1 heterocycles. The summed E-state index contributed by atoms with van der Waals surface area (Å²) in [6, 6.07) is 0. The van der Waals surface area contributed by atoms with Crippen LogP contribution in [0.5, 0.6) is 0 Å². The van der Waals surface area contributed by atoms with Gasteiger partial charge in [-0.15, -0.1) is 0 Å². The topological polar surface area (TPSA) is 49.8 Å². The molecule has 88 valence electrons. The van der Waals surface area contributed by atoms with E-state index in [-0.39, 0.29) is 18.6 Å². The molecule has 1 N–H and O–H groups in total. The molecule has 2 atom stereocenters. The molecule has 1 aliphatic heterocycles. The number of ether oxygens (including phenoxy) is 1. The number of nitrogens with zero attached hydrogens (tertiary/aromatic N) is 1. The molecule has 4 nitrogen and oxygen atoms in total.